The van der Waals surface area contributed by atoms with E-state index in [4.69, 9.17) is 5.73 Å². The van der Waals surface area contributed by atoms with Crippen molar-refractivity contribution in [3.8, 4) is 0 Å². The van der Waals surface area contributed by atoms with Gasteiger partial charge in [0.1, 0.15) is 0 Å². The molecule has 1 atom stereocenters. The van der Waals surface area contributed by atoms with Crippen molar-refractivity contribution in [2.45, 2.75) is 44.6 Å². The lowest BCUT2D eigenvalue weighted by molar-refractivity contribution is 0.184. The summed E-state index contributed by atoms with van der Waals surface area (Å²) in [6.07, 6.45) is 4.97. The van der Waals surface area contributed by atoms with Gasteiger partial charge in [-0.05, 0) is 25.7 Å². The highest BCUT2D eigenvalue weighted by molar-refractivity contribution is 7.50. The van der Waals surface area contributed by atoms with Gasteiger partial charge in [0.15, 0.2) is 8.38 Å². The van der Waals surface area contributed by atoms with Crippen LogP contribution >= 0.6 is 8.38 Å². The first-order valence-corrected chi connectivity index (χ1v) is 6.66. The van der Waals surface area contributed by atoms with Gasteiger partial charge in [-0.1, -0.05) is 12.0 Å². The Morgan fingerprint density at radius 2 is 1.87 bits per heavy atom. The topological polar surface area (TPSA) is 86.7 Å². The second-order valence-electron chi connectivity index (χ2n) is 3.99. The Hall–Kier alpha value is 0.01000. The van der Waals surface area contributed by atoms with E-state index in [9.17, 15) is 14.9 Å². The summed E-state index contributed by atoms with van der Waals surface area (Å²) in [6, 6.07) is 0. The number of aliphatic hydroxyl groups excluding tert-OH is 1. The normalized spacial score (nSPS) is 19.4. The predicted molar refractivity (Wildman–Crippen MR) is 61.1 cm³/mol. The van der Waals surface area contributed by atoms with Crippen LogP contribution in [0.1, 0.15) is 38.5 Å². The van der Waals surface area contributed by atoms with E-state index in [1.807, 2.05) is 0 Å². The smallest absolute Gasteiger partial charge is 0.195 e. The summed E-state index contributed by atoms with van der Waals surface area (Å²) < 4.78 is 0. The molecule has 0 amide bonds. The highest BCUT2D eigenvalue weighted by atomic mass is 31.2. The molecule has 5 N–H and O–H groups in total. The first-order chi connectivity index (χ1) is 7.15. The second-order valence-corrected chi connectivity index (χ2v) is 5.11. The molecule has 0 spiro atoms. The lowest BCUT2D eigenvalue weighted by Crippen LogP contribution is -2.20. The number of rotatable bonds is 4. The fraction of sp³-hybridized carbons (Fsp3) is 0.800. The Labute approximate surface area is 91.7 Å². The molecule has 5 heteroatoms. The molecule has 0 aliphatic heterocycles. The van der Waals surface area contributed by atoms with Crippen molar-refractivity contribution < 1.29 is 14.9 Å². The van der Waals surface area contributed by atoms with Crippen LogP contribution in [-0.2, 0) is 0 Å². The van der Waals surface area contributed by atoms with Gasteiger partial charge in [0, 0.05) is 18.3 Å². The fourth-order valence-corrected chi connectivity index (χ4v) is 2.82. The molecule has 1 rings (SSSR count). The lowest BCUT2D eigenvalue weighted by Gasteiger charge is -2.21. The van der Waals surface area contributed by atoms with Crippen LogP contribution in [0.15, 0.2) is 10.9 Å². The van der Waals surface area contributed by atoms with Gasteiger partial charge < -0.3 is 20.6 Å². The van der Waals surface area contributed by atoms with Gasteiger partial charge in [-0.2, -0.15) is 0 Å². The molecule has 0 bridgehead atoms. The largest absolute Gasteiger partial charge is 0.391 e. The number of hydrogen-bond donors (Lipinski definition) is 4. The Bertz CT molecular complexity index is 223. The van der Waals surface area contributed by atoms with Crippen molar-refractivity contribution in [3.05, 3.63) is 10.9 Å². The van der Waals surface area contributed by atoms with E-state index in [0.717, 1.165) is 31.3 Å². The molecular formula is C10H20NO3P. The van der Waals surface area contributed by atoms with Crippen LogP contribution in [-0.4, -0.2) is 27.5 Å². The quantitative estimate of drug-likeness (QED) is 0.550. The summed E-state index contributed by atoms with van der Waals surface area (Å²) >= 11 is 0. The monoisotopic (exact) mass is 233 g/mol. The number of aliphatic hydroxyl groups is 1. The van der Waals surface area contributed by atoms with Crippen molar-refractivity contribution >= 4 is 8.38 Å². The van der Waals surface area contributed by atoms with Crippen LogP contribution in [0.25, 0.3) is 0 Å². The van der Waals surface area contributed by atoms with Gasteiger partial charge in [0.2, 0.25) is 0 Å². The predicted octanol–water partition coefficient (Wildman–Crippen LogP) is 1.21. The molecular weight excluding hydrogens is 213 g/mol. The molecule has 0 aromatic carbocycles. The molecule has 1 aliphatic carbocycles. The third kappa shape index (κ3) is 4.17. The van der Waals surface area contributed by atoms with E-state index in [1.54, 1.807) is 0 Å². The van der Waals surface area contributed by atoms with Crippen molar-refractivity contribution in [2.24, 2.45) is 5.73 Å². The van der Waals surface area contributed by atoms with E-state index in [0.29, 0.717) is 11.7 Å². The average Bonchev–Trinajstić information content (AvgIpc) is 2.26. The average molecular weight is 233 g/mol. The Morgan fingerprint density at radius 3 is 2.33 bits per heavy atom. The number of nitrogens with two attached hydrogens (primary N) is 1. The molecule has 0 radical (unpaired) electrons. The zero-order chi connectivity index (χ0) is 11.3. The molecule has 1 aliphatic rings. The lowest BCUT2D eigenvalue weighted by atomic mass is 9.93. The highest BCUT2D eigenvalue weighted by Gasteiger charge is 2.19. The first-order valence-electron chi connectivity index (χ1n) is 5.42. The SMILES string of the molecule is NC[C@@H](O)CC(=C1CCCCC1)P(O)O. The minimum atomic E-state index is -2.06. The minimum Gasteiger partial charge on any atom is -0.391 e. The molecule has 0 saturated heterocycles. The standard InChI is InChI=1S/C10H20NO3P/c11-7-9(12)6-10(15(13)14)8-4-2-1-3-5-8/h9,12-14H,1-7,11H2/t9-/m0/s1. The molecule has 4 nitrogen and oxygen atoms in total. The molecule has 0 aromatic heterocycles. The van der Waals surface area contributed by atoms with Gasteiger partial charge in [0.05, 0.1) is 6.10 Å². The zero-order valence-corrected chi connectivity index (χ0v) is 9.79. The van der Waals surface area contributed by atoms with Crippen LogP contribution in [0.3, 0.4) is 0 Å². The van der Waals surface area contributed by atoms with Gasteiger partial charge >= 0.3 is 0 Å². The van der Waals surface area contributed by atoms with Crippen LogP contribution in [0, 0.1) is 0 Å². The third-order valence-electron chi connectivity index (χ3n) is 2.81. The van der Waals surface area contributed by atoms with E-state index in [2.05, 4.69) is 0 Å². The maximum atomic E-state index is 9.44. The van der Waals surface area contributed by atoms with Crippen LogP contribution in [0.2, 0.25) is 0 Å². The fourth-order valence-electron chi connectivity index (χ4n) is 1.94. The van der Waals surface area contributed by atoms with Crippen molar-refractivity contribution in [2.75, 3.05) is 6.54 Å². The molecule has 88 valence electrons. The van der Waals surface area contributed by atoms with Crippen molar-refractivity contribution in [3.63, 3.8) is 0 Å². The highest BCUT2D eigenvalue weighted by Crippen LogP contribution is 2.44. The van der Waals surface area contributed by atoms with Crippen LogP contribution in [0.4, 0.5) is 0 Å². The zero-order valence-electron chi connectivity index (χ0n) is 8.89. The van der Waals surface area contributed by atoms with Gasteiger partial charge in [-0.3, -0.25) is 0 Å². The minimum absolute atomic E-state index is 0.167. The summed E-state index contributed by atoms with van der Waals surface area (Å²) in [5.74, 6) is 0. The summed E-state index contributed by atoms with van der Waals surface area (Å²) in [6.45, 7) is 0.167. The molecule has 0 aromatic rings. The van der Waals surface area contributed by atoms with Crippen LogP contribution in [0.5, 0.6) is 0 Å². The molecule has 1 saturated carbocycles. The van der Waals surface area contributed by atoms with E-state index in [-0.39, 0.29) is 6.54 Å². The first kappa shape index (κ1) is 13.1. The number of allylic oxidation sites excluding steroid dienone is 1. The van der Waals surface area contributed by atoms with Crippen molar-refractivity contribution in [1.82, 2.24) is 0 Å². The summed E-state index contributed by atoms with van der Waals surface area (Å²) in [4.78, 5) is 18.6. The van der Waals surface area contributed by atoms with Crippen molar-refractivity contribution in [1.29, 1.82) is 0 Å². The van der Waals surface area contributed by atoms with Crippen LogP contribution < -0.4 is 5.73 Å². The molecule has 1 fully saturated rings. The summed E-state index contributed by atoms with van der Waals surface area (Å²) in [5.41, 5.74) is 6.45. The Balaban J connectivity index is 2.70. The molecule has 0 heterocycles. The Morgan fingerprint density at radius 1 is 1.27 bits per heavy atom. The maximum absolute atomic E-state index is 9.44. The van der Waals surface area contributed by atoms with Gasteiger partial charge in [-0.25, -0.2) is 0 Å². The Kier molecular flexibility index (Phi) is 5.72. The number of hydrogen-bond acceptors (Lipinski definition) is 4. The van der Waals surface area contributed by atoms with E-state index >= 15 is 0 Å². The molecule has 15 heavy (non-hydrogen) atoms. The molecule has 0 unspecified atom stereocenters. The second kappa shape index (κ2) is 6.56. The van der Waals surface area contributed by atoms with E-state index in [1.165, 1.54) is 6.42 Å². The van der Waals surface area contributed by atoms with Gasteiger partial charge in [-0.15, -0.1) is 0 Å². The maximum Gasteiger partial charge on any atom is 0.195 e. The summed E-state index contributed by atoms with van der Waals surface area (Å²) in [5, 5.41) is 10.1. The van der Waals surface area contributed by atoms with E-state index < -0.39 is 14.5 Å². The third-order valence-corrected chi connectivity index (χ3v) is 3.79. The summed E-state index contributed by atoms with van der Waals surface area (Å²) in [7, 11) is -2.06. The van der Waals surface area contributed by atoms with Gasteiger partial charge in [0.25, 0.3) is 0 Å².